The predicted molar refractivity (Wildman–Crippen MR) is 81.1 cm³/mol. The molecule has 1 aliphatic rings. The number of rotatable bonds is 2. The molecule has 19 heavy (non-hydrogen) atoms. The van der Waals surface area contributed by atoms with Crippen molar-refractivity contribution >= 4 is 28.5 Å². The molecule has 5 heteroatoms. The van der Waals surface area contributed by atoms with E-state index in [1.54, 1.807) is 4.90 Å². The summed E-state index contributed by atoms with van der Waals surface area (Å²) >= 11 is 2.17. The zero-order valence-corrected chi connectivity index (χ0v) is 13.3. The summed E-state index contributed by atoms with van der Waals surface area (Å²) in [6.07, 6.45) is -0.311. The maximum atomic E-state index is 12.6. The van der Waals surface area contributed by atoms with E-state index in [0.717, 1.165) is 3.57 Å². The first-order chi connectivity index (χ1) is 8.93. The molecule has 0 saturated carbocycles. The molecule has 0 radical (unpaired) electrons. The Labute approximate surface area is 126 Å². The van der Waals surface area contributed by atoms with Crippen LogP contribution in [0, 0.1) is 3.57 Å². The quantitative estimate of drug-likeness (QED) is 0.804. The summed E-state index contributed by atoms with van der Waals surface area (Å²) in [4.78, 5) is 14.3. The molecule has 4 nitrogen and oxygen atoms in total. The molecule has 1 N–H and O–H groups in total. The van der Waals surface area contributed by atoms with E-state index in [1.165, 1.54) is 0 Å². The van der Waals surface area contributed by atoms with Crippen molar-refractivity contribution in [3.05, 3.63) is 33.4 Å². The summed E-state index contributed by atoms with van der Waals surface area (Å²) in [6.45, 7) is 4.77. The minimum Gasteiger partial charge on any atom is -0.394 e. The van der Waals surface area contributed by atoms with Crippen molar-refractivity contribution in [3.63, 3.8) is 0 Å². The van der Waals surface area contributed by atoms with Crippen LogP contribution in [0.15, 0.2) is 24.3 Å². The highest BCUT2D eigenvalue weighted by molar-refractivity contribution is 14.1. The third kappa shape index (κ3) is 3.46. The van der Waals surface area contributed by atoms with E-state index in [1.807, 2.05) is 38.1 Å². The number of halogens is 1. The van der Waals surface area contributed by atoms with Crippen molar-refractivity contribution in [2.75, 3.05) is 19.7 Å². The van der Waals surface area contributed by atoms with Gasteiger partial charge in [0.05, 0.1) is 23.9 Å². The minimum atomic E-state index is -0.429. The number of benzene rings is 1. The third-order valence-electron chi connectivity index (χ3n) is 3.08. The molecule has 0 aliphatic carbocycles. The number of ether oxygens (including phenoxy) is 1. The maximum absolute atomic E-state index is 12.6. The van der Waals surface area contributed by atoms with Gasteiger partial charge in [-0.2, -0.15) is 0 Å². The fourth-order valence-electron chi connectivity index (χ4n) is 2.35. The lowest BCUT2D eigenvalue weighted by atomic mass is 10.0. The van der Waals surface area contributed by atoms with Crippen LogP contribution in [0.2, 0.25) is 0 Å². The number of hydrogen-bond acceptors (Lipinski definition) is 3. The van der Waals surface area contributed by atoms with Gasteiger partial charge in [0.2, 0.25) is 0 Å². The summed E-state index contributed by atoms with van der Waals surface area (Å²) in [5.74, 6) is -0.000162. The van der Waals surface area contributed by atoms with Gasteiger partial charge in [0.25, 0.3) is 5.91 Å². The molecule has 0 bridgehead atoms. The summed E-state index contributed by atoms with van der Waals surface area (Å²) in [5, 5.41) is 9.28. The number of amides is 1. The molecule has 1 heterocycles. The predicted octanol–water partition coefficient (Wildman–Crippen LogP) is 1.90. The number of aliphatic hydroxyl groups excluding tert-OH is 1. The Morgan fingerprint density at radius 1 is 1.53 bits per heavy atom. The molecule has 1 aromatic carbocycles. The molecular weight excluding hydrogens is 357 g/mol. The van der Waals surface area contributed by atoms with Crippen LogP contribution in [0.3, 0.4) is 0 Å². The fraction of sp³-hybridized carbons (Fsp3) is 0.500. The first-order valence-electron chi connectivity index (χ1n) is 6.25. The van der Waals surface area contributed by atoms with Gasteiger partial charge in [-0.15, -0.1) is 0 Å². The molecular formula is C14H18INO3. The number of hydrogen-bond donors (Lipinski definition) is 1. The molecule has 1 amide bonds. The topological polar surface area (TPSA) is 49.8 Å². The van der Waals surface area contributed by atoms with Crippen LogP contribution in [0.5, 0.6) is 0 Å². The Morgan fingerprint density at radius 2 is 2.21 bits per heavy atom. The van der Waals surface area contributed by atoms with Crippen LogP contribution in [0.25, 0.3) is 0 Å². The molecule has 0 spiro atoms. The SMILES string of the molecule is CC1(C)CN(C(=O)c2ccccc2I)CC(CO)O1. The lowest BCUT2D eigenvalue weighted by molar-refractivity contribution is -0.139. The number of morpholine rings is 1. The molecule has 1 fully saturated rings. The Bertz CT molecular complexity index is 476. The van der Waals surface area contributed by atoms with Crippen molar-refractivity contribution in [1.29, 1.82) is 0 Å². The van der Waals surface area contributed by atoms with E-state index in [4.69, 9.17) is 4.74 Å². The van der Waals surface area contributed by atoms with Crippen LogP contribution in [0.4, 0.5) is 0 Å². The van der Waals surface area contributed by atoms with E-state index >= 15 is 0 Å². The van der Waals surface area contributed by atoms with Gasteiger partial charge in [-0.25, -0.2) is 0 Å². The van der Waals surface area contributed by atoms with E-state index in [2.05, 4.69) is 22.6 Å². The van der Waals surface area contributed by atoms with Crippen LogP contribution in [0.1, 0.15) is 24.2 Å². The van der Waals surface area contributed by atoms with Crippen molar-refractivity contribution in [3.8, 4) is 0 Å². The van der Waals surface area contributed by atoms with Crippen LogP contribution in [-0.4, -0.2) is 47.3 Å². The molecule has 0 aromatic heterocycles. The van der Waals surface area contributed by atoms with Gasteiger partial charge in [0, 0.05) is 16.7 Å². The van der Waals surface area contributed by atoms with E-state index < -0.39 is 5.60 Å². The van der Waals surface area contributed by atoms with Crippen molar-refractivity contribution < 1.29 is 14.6 Å². The van der Waals surface area contributed by atoms with E-state index in [0.29, 0.717) is 18.7 Å². The first kappa shape index (κ1) is 14.7. The van der Waals surface area contributed by atoms with Gasteiger partial charge in [-0.05, 0) is 48.6 Å². The molecule has 104 valence electrons. The number of carbonyl (C=O) groups is 1. The average Bonchev–Trinajstić information content (AvgIpc) is 2.36. The van der Waals surface area contributed by atoms with Crippen molar-refractivity contribution in [2.45, 2.75) is 25.6 Å². The monoisotopic (exact) mass is 375 g/mol. The zero-order valence-electron chi connectivity index (χ0n) is 11.1. The van der Waals surface area contributed by atoms with E-state index in [9.17, 15) is 9.90 Å². The summed E-state index contributed by atoms with van der Waals surface area (Å²) in [7, 11) is 0. The molecule has 1 atom stereocenters. The average molecular weight is 375 g/mol. The van der Waals surface area contributed by atoms with Crippen molar-refractivity contribution in [2.24, 2.45) is 0 Å². The highest BCUT2D eigenvalue weighted by Gasteiger charge is 2.35. The van der Waals surface area contributed by atoms with Gasteiger partial charge in [-0.3, -0.25) is 4.79 Å². The van der Waals surface area contributed by atoms with Crippen molar-refractivity contribution in [1.82, 2.24) is 4.90 Å². The Balaban J connectivity index is 2.21. The Morgan fingerprint density at radius 3 is 2.84 bits per heavy atom. The highest BCUT2D eigenvalue weighted by atomic mass is 127. The summed E-state index contributed by atoms with van der Waals surface area (Å²) in [5.41, 5.74) is 0.277. The van der Waals surface area contributed by atoms with Gasteiger partial charge < -0.3 is 14.7 Å². The van der Waals surface area contributed by atoms with Gasteiger partial charge in [0.1, 0.15) is 0 Å². The van der Waals surface area contributed by atoms with Gasteiger partial charge in [0.15, 0.2) is 0 Å². The van der Waals surface area contributed by atoms with Gasteiger partial charge >= 0.3 is 0 Å². The Hall–Kier alpha value is -0.660. The van der Waals surface area contributed by atoms with E-state index in [-0.39, 0.29) is 18.6 Å². The first-order valence-corrected chi connectivity index (χ1v) is 7.33. The largest absolute Gasteiger partial charge is 0.394 e. The molecule has 1 aromatic rings. The van der Waals surface area contributed by atoms with Gasteiger partial charge in [-0.1, -0.05) is 12.1 Å². The van der Waals surface area contributed by atoms with Crippen LogP contribution < -0.4 is 0 Å². The minimum absolute atomic E-state index is 0.000162. The summed E-state index contributed by atoms with van der Waals surface area (Å²) in [6, 6.07) is 7.53. The molecule has 1 unspecified atom stereocenters. The second-order valence-corrected chi connectivity index (χ2v) is 6.51. The number of nitrogens with zero attached hydrogens (tertiary/aromatic N) is 1. The lowest BCUT2D eigenvalue weighted by Gasteiger charge is -2.42. The fourth-order valence-corrected chi connectivity index (χ4v) is 2.97. The van der Waals surface area contributed by atoms with Crippen LogP contribution >= 0.6 is 22.6 Å². The van der Waals surface area contributed by atoms with Crippen LogP contribution in [-0.2, 0) is 4.74 Å². The maximum Gasteiger partial charge on any atom is 0.255 e. The smallest absolute Gasteiger partial charge is 0.255 e. The lowest BCUT2D eigenvalue weighted by Crippen LogP contribution is -2.55. The molecule has 1 saturated heterocycles. The third-order valence-corrected chi connectivity index (χ3v) is 4.02. The molecule has 1 aliphatic heterocycles. The highest BCUT2D eigenvalue weighted by Crippen LogP contribution is 2.23. The second kappa shape index (κ2) is 5.76. The number of aliphatic hydroxyl groups is 1. The number of carbonyl (C=O) groups excluding carboxylic acids is 1. The standard InChI is InChI=1S/C14H18INO3/c1-14(2)9-16(7-10(8-17)19-14)13(18)11-5-3-4-6-12(11)15/h3-6,10,17H,7-9H2,1-2H3. The Kier molecular flexibility index (Phi) is 4.47. The summed E-state index contributed by atoms with van der Waals surface area (Å²) < 4.78 is 6.66. The zero-order chi connectivity index (χ0) is 14.0. The normalized spacial score (nSPS) is 22.3. The second-order valence-electron chi connectivity index (χ2n) is 5.35. The molecule has 2 rings (SSSR count).